The summed E-state index contributed by atoms with van der Waals surface area (Å²) in [5, 5.41) is 8.79. The van der Waals surface area contributed by atoms with Crippen LogP contribution in [-0.2, 0) is 9.53 Å². The third-order valence-electron chi connectivity index (χ3n) is 4.20. The van der Waals surface area contributed by atoms with E-state index in [-0.39, 0.29) is 11.5 Å². The molecule has 0 saturated carbocycles. The van der Waals surface area contributed by atoms with Crippen molar-refractivity contribution >= 4 is 40.5 Å². The van der Waals surface area contributed by atoms with Crippen LogP contribution in [0.15, 0.2) is 59.3 Å². The number of para-hydroxylation sites is 1. The Hall–Kier alpha value is -3.85. The highest BCUT2D eigenvalue weighted by Gasteiger charge is 2.17. The summed E-state index contributed by atoms with van der Waals surface area (Å²) in [7, 11) is 2.99. The highest BCUT2D eigenvalue weighted by Crippen LogP contribution is 2.29. The van der Waals surface area contributed by atoms with Crippen molar-refractivity contribution in [3.05, 3.63) is 70.4 Å². The third kappa shape index (κ3) is 5.61. The Kier molecular flexibility index (Phi) is 7.23. The molecule has 1 heterocycles. The van der Waals surface area contributed by atoms with E-state index in [1.165, 1.54) is 31.6 Å². The van der Waals surface area contributed by atoms with Crippen LogP contribution in [0.25, 0.3) is 0 Å². The molecule has 160 valence electrons. The van der Waals surface area contributed by atoms with Crippen molar-refractivity contribution in [1.82, 2.24) is 0 Å². The van der Waals surface area contributed by atoms with Gasteiger partial charge in [0.2, 0.25) is 0 Å². The molecule has 0 bridgehead atoms. The van der Waals surface area contributed by atoms with Crippen molar-refractivity contribution in [3.8, 4) is 11.5 Å². The molecule has 2 aromatic carbocycles. The van der Waals surface area contributed by atoms with Crippen LogP contribution in [0.2, 0.25) is 0 Å². The van der Waals surface area contributed by atoms with Gasteiger partial charge in [0.1, 0.15) is 11.5 Å². The molecule has 3 aromatic rings. The summed E-state index contributed by atoms with van der Waals surface area (Å²) in [6, 6.07) is 13.0. The lowest BCUT2D eigenvalue weighted by Crippen LogP contribution is -2.22. The predicted octanol–water partition coefficient (Wildman–Crippen LogP) is 3.81. The smallest absolute Gasteiger partial charge is 0.340 e. The molecule has 0 saturated heterocycles. The summed E-state index contributed by atoms with van der Waals surface area (Å²) in [4.78, 5) is 37.0. The van der Waals surface area contributed by atoms with Gasteiger partial charge < -0.3 is 24.8 Å². The average molecular weight is 440 g/mol. The van der Waals surface area contributed by atoms with E-state index >= 15 is 0 Å². The molecule has 0 atom stereocenters. The highest BCUT2D eigenvalue weighted by molar-refractivity contribution is 7.08. The van der Waals surface area contributed by atoms with E-state index in [2.05, 4.69) is 10.6 Å². The van der Waals surface area contributed by atoms with Gasteiger partial charge in [-0.15, -0.1) is 0 Å². The summed E-state index contributed by atoms with van der Waals surface area (Å²) in [5.74, 6) is -0.650. The Morgan fingerprint density at radius 2 is 1.74 bits per heavy atom. The van der Waals surface area contributed by atoms with Crippen LogP contribution in [0, 0.1) is 0 Å². The number of hydrogen-bond donors (Lipinski definition) is 2. The fourth-order valence-electron chi connectivity index (χ4n) is 2.66. The summed E-state index contributed by atoms with van der Waals surface area (Å²) < 4.78 is 15.5. The predicted molar refractivity (Wildman–Crippen MR) is 117 cm³/mol. The molecule has 2 N–H and O–H groups in total. The number of methoxy groups -OCH3 is 2. The van der Waals surface area contributed by atoms with Crippen molar-refractivity contribution in [2.75, 3.05) is 31.5 Å². The molecule has 0 spiro atoms. The van der Waals surface area contributed by atoms with Gasteiger partial charge in [-0.3, -0.25) is 9.59 Å². The zero-order valence-corrected chi connectivity index (χ0v) is 17.7. The summed E-state index contributed by atoms with van der Waals surface area (Å²) in [5.41, 5.74) is 1.33. The maximum Gasteiger partial charge on any atom is 0.340 e. The van der Waals surface area contributed by atoms with Gasteiger partial charge >= 0.3 is 5.97 Å². The standard InChI is InChI=1S/C22H20N2O6S/c1-28-15-7-8-18(19(11-15)29-2)23-20(25)12-30-22(27)16-5-3-4-6-17(16)24-21(26)14-9-10-31-13-14/h3-11,13H,12H2,1-2H3,(H,23,25)(H,24,26). The second kappa shape index (κ2) is 10.3. The molecule has 31 heavy (non-hydrogen) atoms. The Balaban J connectivity index is 1.62. The minimum absolute atomic E-state index is 0.140. The van der Waals surface area contributed by atoms with Crippen molar-refractivity contribution < 1.29 is 28.6 Å². The van der Waals surface area contributed by atoms with Gasteiger partial charge in [-0.05, 0) is 35.7 Å². The van der Waals surface area contributed by atoms with E-state index < -0.39 is 18.5 Å². The molecule has 0 fully saturated rings. The third-order valence-corrected chi connectivity index (χ3v) is 4.88. The quantitative estimate of drug-likeness (QED) is 0.517. The molecular weight excluding hydrogens is 420 g/mol. The first-order chi connectivity index (χ1) is 15.0. The average Bonchev–Trinajstić information content (AvgIpc) is 3.33. The van der Waals surface area contributed by atoms with E-state index in [0.29, 0.717) is 28.4 Å². The number of anilines is 2. The minimum atomic E-state index is -0.738. The summed E-state index contributed by atoms with van der Waals surface area (Å²) >= 11 is 1.39. The van der Waals surface area contributed by atoms with E-state index in [9.17, 15) is 14.4 Å². The van der Waals surface area contributed by atoms with Crippen molar-refractivity contribution in [3.63, 3.8) is 0 Å². The lowest BCUT2D eigenvalue weighted by molar-refractivity contribution is -0.119. The number of hydrogen-bond acceptors (Lipinski definition) is 7. The fraction of sp³-hybridized carbons (Fsp3) is 0.136. The van der Waals surface area contributed by atoms with Crippen LogP contribution in [0.1, 0.15) is 20.7 Å². The van der Waals surface area contributed by atoms with Gasteiger partial charge in [0.25, 0.3) is 11.8 Å². The zero-order chi connectivity index (χ0) is 22.2. The van der Waals surface area contributed by atoms with Gasteiger partial charge in [-0.1, -0.05) is 12.1 Å². The first-order valence-electron chi connectivity index (χ1n) is 9.13. The Morgan fingerprint density at radius 3 is 2.45 bits per heavy atom. The van der Waals surface area contributed by atoms with Crippen LogP contribution >= 0.6 is 11.3 Å². The molecule has 8 nitrogen and oxygen atoms in total. The van der Waals surface area contributed by atoms with Crippen LogP contribution < -0.4 is 20.1 Å². The number of thiophene rings is 1. The monoisotopic (exact) mass is 440 g/mol. The minimum Gasteiger partial charge on any atom is -0.497 e. The van der Waals surface area contributed by atoms with Gasteiger partial charge in [0.05, 0.1) is 36.7 Å². The molecule has 9 heteroatoms. The SMILES string of the molecule is COc1ccc(NC(=O)COC(=O)c2ccccc2NC(=O)c2ccsc2)c(OC)c1. The second-order valence-corrected chi connectivity index (χ2v) is 6.98. The number of carbonyl (C=O) groups excluding carboxylic acids is 3. The number of ether oxygens (including phenoxy) is 3. The van der Waals surface area contributed by atoms with Crippen LogP contribution in [0.4, 0.5) is 11.4 Å². The summed E-state index contributed by atoms with van der Waals surface area (Å²) in [6.07, 6.45) is 0. The molecular formula is C22H20N2O6S. The molecule has 0 aliphatic heterocycles. The van der Waals surface area contributed by atoms with Crippen molar-refractivity contribution in [2.45, 2.75) is 0 Å². The molecule has 3 rings (SSSR count). The summed E-state index contributed by atoms with van der Waals surface area (Å²) in [6.45, 7) is -0.513. The van der Waals surface area contributed by atoms with E-state index in [1.54, 1.807) is 53.2 Å². The Morgan fingerprint density at radius 1 is 0.935 bits per heavy atom. The van der Waals surface area contributed by atoms with Gasteiger partial charge in [-0.2, -0.15) is 11.3 Å². The van der Waals surface area contributed by atoms with Gasteiger partial charge in [-0.25, -0.2) is 4.79 Å². The lowest BCUT2D eigenvalue weighted by atomic mass is 10.1. The molecule has 0 aliphatic rings. The number of benzene rings is 2. The Labute approximate surface area is 182 Å². The first kappa shape index (κ1) is 21.8. The molecule has 0 aliphatic carbocycles. The lowest BCUT2D eigenvalue weighted by Gasteiger charge is -2.13. The topological polar surface area (TPSA) is 103 Å². The maximum atomic E-state index is 12.5. The largest absolute Gasteiger partial charge is 0.497 e. The molecule has 2 amide bonds. The second-order valence-electron chi connectivity index (χ2n) is 6.20. The van der Waals surface area contributed by atoms with E-state index in [1.807, 2.05) is 0 Å². The number of rotatable bonds is 8. The van der Waals surface area contributed by atoms with Crippen LogP contribution in [0.3, 0.4) is 0 Å². The molecule has 0 unspecified atom stereocenters. The maximum absolute atomic E-state index is 12.5. The van der Waals surface area contributed by atoms with E-state index in [0.717, 1.165) is 0 Å². The van der Waals surface area contributed by atoms with Crippen LogP contribution in [-0.4, -0.2) is 38.6 Å². The van der Waals surface area contributed by atoms with Gasteiger partial charge in [0.15, 0.2) is 6.61 Å². The van der Waals surface area contributed by atoms with E-state index in [4.69, 9.17) is 14.2 Å². The normalized spacial score (nSPS) is 10.1. The fourth-order valence-corrected chi connectivity index (χ4v) is 3.29. The Bertz CT molecular complexity index is 1080. The van der Waals surface area contributed by atoms with Crippen LogP contribution in [0.5, 0.6) is 11.5 Å². The molecule has 0 radical (unpaired) electrons. The highest BCUT2D eigenvalue weighted by atomic mass is 32.1. The number of esters is 1. The number of carbonyl (C=O) groups is 3. The number of nitrogens with one attached hydrogen (secondary N) is 2. The van der Waals surface area contributed by atoms with Crippen molar-refractivity contribution in [2.24, 2.45) is 0 Å². The molecule has 1 aromatic heterocycles. The first-order valence-corrected chi connectivity index (χ1v) is 10.1. The van der Waals surface area contributed by atoms with Gasteiger partial charge in [0, 0.05) is 11.4 Å². The number of amides is 2. The van der Waals surface area contributed by atoms with Crippen molar-refractivity contribution in [1.29, 1.82) is 0 Å². The zero-order valence-electron chi connectivity index (χ0n) is 16.8.